The maximum Gasteiger partial charge on any atom is 0.249 e. The number of hydrogen-bond acceptors (Lipinski definition) is 7. The molecular weight excluding hydrogens is 344 g/mol. The largest absolute Gasteiger partial charge is 0.497 e. The lowest BCUT2D eigenvalue weighted by Crippen LogP contribution is -2.07. The molecule has 0 aliphatic carbocycles. The van der Waals surface area contributed by atoms with E-state index in [1.165, 1.54) is 6.92 Å². The van der Waals surface area contributed by atoms with Gasteiger partial charge in [-0.05, 0) is 35.9 Å². The standard InChI is InChI=1S/C19H20N6O2/c1-13(26)22-15-4-3-5-16(10-15)23-19-24-18(12-21-25-19)20-11-14-6-8-17(27-2)9-7-14/h3-10,12H,11H2,1-2H3,(H,22,26)(H2,20,23,24,25). The molecular formula is C19H20N6O2. The second-order valence-electron chi connectivity index (χ2n) is 5.75. The van der Waals surface area contributed by atoms with Gasteiger partial charge in [0.2, 0.25) is 11.9 Å². The van der Waals surface area contributed by atoms with Crippen molar-refractivity contribution in [3.8, 4) is 5.75 Å². The predicted molar refractivity (Wildman–Crippen MR) is 104 cm³/mol. The molecule has 1 amide bonds. The second-order valence-corrected chi connectivity index (χ2v) is 5.75. The highest BCUT2D eigenvalue weighted by Gasteiger charge is 2.03. The van der Waals surface area contributed by atoms with Crippen LogP contribution in [0.15, 0.2) is 54.7 Å². The van der Waals surface area contributed by atoms with Crippen molar-refractivity contribution in [2.45, 2.75) is 13.5 Å². The number of aromatic nitrogens is 3. The van der Waals surface area contributed by atoms with Crippen molar-refractivity contribution in [3.05, 3.63) is 60.3 Å². The summed E-state index contributed by atoms with van der Waals surface area (Å²) < 4.78 is 5.15. The van der Waals surface area contributed by atoms with E-state index in [1.807, 2.05) is 36.4 Å². The van der Waals surface area contributed by atoms with E-state index in [1.54, 1.807) is 25.4 Å². The minimum Gasteiger partial charge on any atom is -0.497 e. The van der Waals surface area contributed by atoms with E-state index in [-0.39, 0.29) is 5.91 Å². The average Bonchev–Trinajstić information content (AvgIpc) is 2.67. The first kappa shape index (κ1) is 18.1. The molecule has 0 fully saturated rings. The van der Waals surface area contributed by atoms with Crippen molar-refractivity contribution in [2.24, 2.45) is 0 Å². The van der Waals surface area contributed by atoms with Gasteiger partial charge in [-0.15, -0.1) is 5.10 Å². The third kappa shape index (κ3) is 5.40. The van der Waals surface area contributed by atoms with Crippen LogP contribution >= 0.6 is 0 Å². The van der Waals surface area contributed by atoms with Crippen LogP contribution in [0.25, 0.3) is 0 Å². The van der Waals surface area contributed by atoms with Gasteiger partial charge in [-0.3, -0.25) is 4.79 Å². The van der Waals surface area contributed by atoms with Crippen molar-refractivity contribution in [2.75, 3.05) is 23.1 Å². The summed E-state index contributed by atoms with van der Waals surface area (Å²) in [6.45, 7) is 2.06. The number of ether oxygens (including phenoxy) is 1. The van der Waals surface area contributed by atoms with Crippen LogP contribution in [0, 0.1) is 0 Å². The smallest absolute Gasteiger partial charge is 0.249 e. The Labute approximate surface area is 157 Å². The van der Waals surface area contributed by atoms with E-state index < -0.39 is 0 Å². The highest BCUT2D eigenvalue weighted by atomic mass is 16.5. The van der Waals surface area contributed by atoms with Gasteiger partial charge in [0.15, 0.2) is 5.82 Å². The van der Waals surface area contributed by atoms with Gasteiger partial charge >= 0.3 is 0 Å². The summed E-state index contributed by atoms with van der Waals surface area (Å²) in [5, 5.41) is 17.0. The first-order chi connectivity index (χ1) is 13.1. The lowest BCUT2D eigenvalue weighted by molar-refractivity contribution is -0.114. The fourth-order valence-corrected chi connectivity index (χ4v) is 2.38. The molecule has 3 rings (SSSR count). The normalized spacial score (nSPS) is 10.1. The molecule has 27 heavy (non-hydrogen) atoms. The van der Waals surface area contributed by atoms with Gasteiger partial charge in [-0.25, -0.2) is 0 Å². The van der Waals surface area contributed by atoms with Gasteiger partial charge in [0.1, 0.15) is 5.75 Å². The monoisotopic (exact) mass is 364 g/mol. The molecule has 2 aromatic carbocycles. The van der Waals surface area contributed by atoms with Crippen molar-refractivity contribution < 1.29 is 9.53 Å². The lowest BCUT2D eigenvalue weighted by Gasteiger charge is -2.09. The predicted octanol–water partition coefficient (Wildman–Crippen LogP) is 3.19. The maximum atomic E-state index is 11.2. The Hall–Kier alpha value is -3.68. The number of anilines is 4. The molecule has 0 radical (unpaired) electrons. The third-order valence-electron chi connectivity index (χ3n) is 3.63. The number of methoxy groups -OCH3 is 1. The summed E-state index contributed by atoms with van der Waals surface area (Å²) in [5.41, 5.74) is 2.52. The van der Waals surface area contributed by atoms with Crippen LogP contribution in [-0.4, -0.2) is 28.2 Å². The summed E-state index contributed by atoms with van der Waals surface area (Å²) in [7, 11) is 1.64. The number of amides is 1. The molecule has 0 aliphatic heterocycles. The zero-order chi connectivity index (χ0) is 19.1. The van der Waals surface area contributed by atoms with Crippen LogP contribution < -0.4 is 20.7 Å². The Morgan fingerprint density at radius 1 is 1.11 bits per heavy atom. The SMILES string of the molecule is COc1ccc(CNc2cnnc(Nc3cccc(NC(C)=O)c3)n2)cc1. The summed E-state index contributed by atoms with van der Waals surface area (Å²) >= 11 is 0. The van der Waals surface area contributed by atoms with Crippen molar-refractivity contribution in [1.82, 2.24) is 15.2 Å². The summed E-state index contributed by atoms with van der Waals surface area (Å²) in [6.07, 6.45) is 1.56. The topological polar surface area (TPSA) is 101 Å². The Morgan fingerprint density at radius 3 is 2.63 bits per heavy atom. The van der Waals surface area contributed by atoms with Crippen LogP contribution in [0.3, 0.4) is 0 Å². The fourth-order valence-electron chi connectivity index (χ4n) is 2.38. The van der Waals surface area contributed by atoms with E-state index in [0.717, 1.165) is 17.0 Å². The first-order valence-corrected chi connectivity index (χ1v) is 8.33. The van der Waals surface area contributed by atoms with E-state index in [2.05, 4.69) is 31.1 Å². The Balaban J connectivity index is 1.63. The van der Waals surface area contributed by atoms with Crippen LogP contribution in [0.4, 0.5) is 23.1 Å². The van der Waals surface area contributed by atoms with E-state index >= 15 is 0 Å². The Bertz CT molecular complexity index is 914. The molecule has 0 atom stereocenters. The quantitative estimate of drug-likeness (QED) is 0.592. The van der Waals surface area contributed by atoms with E-state index in [4.69, 9.17) is 4.74 Å². The molecule has 0 bridgehead atoms. The molecule has 138 valence electrons. The van der Waals surface area contributed by atoms with Gasteiger partial charge in [-0.2, -0.15) is 10.1 Å². The molecule has 0 unspecified atom stereocenters. The van der Waals surface area contributed by atoms with Crippen LogP contribution in [0.5, 0.6) is 5.75 Å². The molecule has 0 saturated carbocycles. The fraction of sp³-hybridized carbons (Fsp3) is 0.158. The minimum atomic E-state index is -0.130. The van der Waals surface area contributed by atoms with Gasteiger partial charge in [0, 0.05) is 24.8 Å². The van der Waals surface area contributed by atoms with Crippen LogP contribution in [0.1, 0.15) is 12.5 Å². The maximum absolute atomic E-state index is 11.2. The second kappa shape index (κ2) is 8.61. The van der Waals surface area contributed by atoms with Crippen molar-refractivity contribution in [3.63, 3.8) is 0 Å². The number of nitrogens with zero attached hydrogens (tertiary/aromatic N) is 3. The number of hydrogen-bond donors (Lipinski definition) is 3. The lowest BCUT2D eigenvalue weighted by atomic mass is 10.2. The molecule has 1 heterocycles. The van der Waals surface area contributed by atoms with E-state index in [9.17, 15) is 4.79 Å². The van der Waals surface area contributed by atoms with Gasteiger partial charge in [0.05, 0.1) is 13.3 Å². The van der Waals surface area contributed by atoms with Gasteiger partial charge < -0.3 is 20.7 Å². The number of carbonyl (C=O) groups excluding carboxylic acids is 1. The zero-order valence-electron chi connectivity index (χ0n) is 15.1. The highest BCUT2D eigenvalue weighted by Crippen LogP contribution is 2.18. The number of benzene rings is 2. The molecule has 0 aliphatic rings. The number of carbonyl (C=O) groups is 1. The van der Waals surface area contributed by atoms with Gasteiger partial charge in [-0.1, -0.05) is 18.2 Å². The number of rotatable bonds is 7. The first-order valence-electron chi connectivity index (χ1n) is 8.33. The molecule has 0 saturated heterocycles. The average molecular weight is 364 g/mol. The molecule has 3 aromatic rings. The third-order valence-corrected chi connectivity index (χ3v) is 3.63. The zero-order valence-corrected chi connectivity index (χ0v) is 15.1. The minimum absolute atomic E-state index is 0.130. The van der Waals surface area contributed by atoms with Crippen molar-refractivity contribution >= 4 is 29.0 Å². The summed E-state index contributed by atoms with van der Waals surface area (Å²) in [6, 6.07) is 15.1. The molecule has 8 heteroatoms. The summed E-state index contributed by atoms with van der Waals surface area (Å²) in [5.74, 6) is 1.64. The van der Waals surface area contributed by atoms with Crippen molar-refractivity contribution in [1.29, 1.82) is 0 Å². The molecule has 0 spiro atoms. The highest BCUT2D eigenvalue weighted by molar-refractivity contribution is 5.89. The van der Waals surface area contributed by atoms with Crippen LogP contribution in [-0.2, 0) is 11.3 Å². The summed E-state index contributed by atoms with van der Waals surface area (Å²) in [4.78, 5) is 15.6. The Kier molecular flexibility index (Phi) is 5.78. The Morgan fingerprint density at radius 2 is 1.89 bits per heavy atom. The molecule has 3 N–H and O–H groups in total. The molecule has 8 nitrogen and oxygen atoms in total. The van der Waals surface area contributed by atoms with Crippen LogP contribution in [0.2, 0.25) is 0 Å². The molecule has 1 aromatic heterocycles. The van der Waals surface area contributed by atoms with E-state index in [0.29, 0.717) is 24.0 Å². The van der Waals surface area contributed by atoms with Gasteiger partial charge in [0.25, 0.3) is 0 Å². The number of nitrogens with one attached hydrogen (secondary N) is 3.